The van der Waals surface area contributed by atoms with E-state index in [1.807, 2.05) is 6.07 Å². The number of hydrogen-bond donors (Lipinski definition) is 1. The van der Waals surface area contributed by atoms with E-state index in [1.165, 1.54) is 19.1 Å². The summed E-state index contributed by atoms with van der Waals surface area (Å²) in [5.74, 6) is -0.202. The van der Waals surface area contributed by atoms with Crippen molar-refractivity contribution in [2.75, 3.05) is 6.79 Å². The van der Waals surface area contributed by atoms with Crippen LogP contribution in [0.3, 0.4) is 0 Å². The summed E-state index contributed by atoms with van der Waals surface area (Å²) in [6, 6.07) is 11.4. The number of benzene rings is 2. The normalized spacial score (nSPS) is 13.4. The Balaban J connectivity index is 1.35. The number of carbonyl (C=O) groups excluding carboxylic acids is 2. The largest absolute Gasteiger partial charge is 0.454 e. The van der Waals surface area contributed by atoms with Crippen molar-refractivity contribution in [2.45, 2.75) is 19.6 Å². The summed E-state index contributed by atoms with van der Waals surface area (Å²) in [4.78, 5) is 24.8. The standard InChI is InChI=1S/C20H16FNO5S/c1-11(19(23)22-9-12-5-6-15-16(7-12)26-10-25-15)27-20(24)18-8-13-14(21)3-2-4-17(13)28-18/h2-8,11H,9-10H2,1H3,(H,22,23)/t11-/m0/s1. The maximum atomic E-state index is 13.8. The molecule has 1 aliphatic rings. The summed E-state index contributed by atoms with van der Waals surface area (Å²) in [6.07, 6.45) is -0.989. The molecule has 1 aromatic heterocycles. The fraction of sp³-hybridized carbons (Fsp3) is 0.200. The van der Waals surface area contributed by atoms with Crippen LogP contribution in [0.2, 0.25) is 0 Å². The van der Waals surface area contributed by atoms with Crippen LogP contribution in [0.1, 0.15) is 22.2 Å². The highest BCUT2D eigenvalue weighted by molar-refractivity contribution is 7.20. The van der Waals surface area contributed by atoms with Gasteiger partial charge >= 0.3 is 5.97 Å². The molecular formula is C20H16FNO5S. The molecule has 1 atom stereocenters. The van der Waals surface area contributed by atoms with Crippen molar-refractivity contribution in [3.63, 3.8) is 0 Å². The van der Waals surface area contributed by atoms with Gasteiger partial charge in [-0.15, -0.1) is 11.3 Å². The lowest BCUT2D eigenvalue weighted by Crippen LogP contribution is -2.35. The van der Waals surface area contributed by atoms with E-state index in [0.29, 0.717) is 21.6 Å². The number of amides is 1. The third-order valence-electron chi connectivity index (χ3n) is 4.27. The highest BCUT2D eigenvalue weighted by Crippen LogP contribution is 2.32. The smallest absolute Gasteiger partial charge is 0.349 e. The predicted molar refractivity (Wildman–Crippen MR) is 101 cm³/mol. The van der Waals surface area contributed by atoms with Crippen LogP contribution in [0.5, 0.6) is 11.5 Å². The zero-order chi connectivity index (χ0) is 19.7. The van der Waals surface area contributed by atoms with E-state index in [1.54, 1.807) is 24.3 Å². The van der Waals surface area contributed by atoms with Crippen molar-refractivity contribution >= 4 is 33.3 Å². The van der Waals surface area contributed by atoms with Crippen LogP contribution in [-0.2, 0) is 16.1 Å². The molecule has 0 radical (unpaired) electrons. The summed E-state index contributed by atoms with van der Waals surface area (Å²) in [5.41, 5.74) is 0.830. The van der Waals surface area contributed by atoms with E-state index >= 15 is 0 Å². The molecule has 8 heteroatoms. The van der Waals surface area contributed by atoms with Crippen molar-refractivity contribution in [3.05, 3.63) is 58.7 Å². The second-order valence-corrected chi connectivity index (χ2v) is 7.30. The Morgan fingerprint density at radius 1 is 1.21 bits per heavy atom. The molecule has 0 fully saturated rings. The number of rotatable bonds is 5. The van der Waals surface area contributed by atoms with Gasteiger partial charge in [-0.1, -0.05) is 12.1 Å². The van der Waals surface area contributed by atoms with Gasteiger partial charge in [0.1, 0.15) is 10.7 Å². The molecule has 2 aromatic carbocycles. The minimum atomic E-state index is -0.989. The lowest BCUT2D eigenvalue weighted by atomic mass is 10.2. The SMILES string of the molecule is C[C@H](OC(=O)c1cc2c(F)cccc2s1)C(=O)NCc1ccc2c(c1)OCO2. The molecule has 0 saturated carbocycles. The number of ether oxygens (including phenoxy) is 3. The van der Waals surface area contributed by atoms with E-state index in [-0.39, 0.29) is 18.2 Å². The summed E-state index contributed by atoms with van der Waals surface area (Å²) in [6.45, 7) is 1.92. The first-order valence-electron chi connectivity index (χ1n) is 8.56. The Kier molecular flexibility index (Phi) is 4.87. The number of nitrogens with one attached hydrogen (secondary N) is 1. The van der Waals surface area contributed by atoms with Gasteiger partial charge in [-0.2, -0.15) is 0 Å². The van der Waals surface area contributed by atoms with Crippen molar-refractivity contribution in [3.8, 4) is 11.5 Å². The number of esters is 1. The monoisotopic (exact) mass is 401 g/mol. The zero-order valence-electron chi connectivity index (χ0n) is 14.9. The van der Waals surface area contributed by atoms with Crippen LogP contribution in [-0.4, -0.2) is 24.8 Å². The van der Waals surface area contributed by atoms with E-state index in [0.717, 1.165) is 16.9 Å². The Bertz CT molecular complexity index is 1060. The third kappa shape index (κ3) is 3.63. The molecule has 3 aromatic rings. The number of fused-ring (bicyclic) bond motifs is 2. The summed E-state index contributed by atoms with van der Waals surface area (Å²) in [7, 11) is 0. The molecule has 1 N–H and O–H groups in total. The highest BCUT2D eigenvalue weighted by atomic mass is 32.1. The Morgan fingerprint density at radius 2 is 2.04 bits per heavy atom. The molecule has 2 heterocycles. The fourth-order valence-corrected chi connectivity index (χ4v) is 3.74. The summed E-state index contributed by atoms with van der Waals surface area (Å²) in [5, 5.41) is 3.07. The van der Waals surface area contributed by atoms with Crippen LogP contribution in [0.4, 0.5) is 4.39 Å². The Labute approximate surface area is 163 Å². The van der Waals surface area contributed by atoms with Gasteiger partial charge in [-0.25, -0.2) is 9.18 Å². The molecule has 28 heavy (non-hydrogen) atoms. The average molecular weight is 401 g/mol. The van der Waals surface area contributed by atoms with Gasteiger partial charge in [0.25, 0.3) is 5.91 Å². The van der Waals surface area contributed by atoms with Gasteiger partial charge in [0.2, 0.25) is 6.79 Å². The number of hydrogen-bond acceptors (Lipinski definition) is 6. The highest BCUT2D eigenvalue weighted by Gasteiger charge is 2.21. The first kappa shape index (κ1) is 18.2. The van der Waals surface area contributed by atoms with Crippen molar-refractivity contribution < 1.29 is 28.2 Å². The second-order valence-electron chi connectivity index (χ2n) is 6.22. The molecule has 0 aliphatic carbocycles. The number of thiophene rings is 1. The number of halogens is 1. The lowest BCUT2D eigenvalue weighted by molar-refractivity contribution is -0.129. The maximum absolute atomic E-state index is 13.8. The van der Waals surface area contributed by atoms with Gasteiger partial charge in [0, 0.05) is 16.6 Å². The molecule has 1 amide bonds. The van der Waals surface area contributed by atoms with E-state index < -0.39 is 23.8 Å². The molecule has 4 rings (SSSR count). The Morgan fingerprint density at radius 3 is 2.86 bits per heavy atom. The van der Waals surface area contributed by atoms with Crippen LogP contribution < -0.4 is 14.8 Å². The topological polar surface area (TPSA) is 73.9 Å². The molecule has 0 unspecified atom stereocenters. The molecule has 6 nitrogen and oxygen atoms in total. The minimum absolute atomic E-state index is 0.180. The van der Waals surface area contributed by atoms with E-state index in [2.05, 4.69) is 5.32 Å². The fourth-order valence-electron chi connectivity index (χ4n) is 2.78. The maximum Gasteiger partial charge on any atom is 0.349 e. The van der Waals surface area contributed by atoms with Crippen LogP contribution in [0.25, 0.3) is 10.1 Å². The lowest BCUT2D eigenvalue weighted by Gasteiger charge is -2.13. The first-order chi connectivity index (χ1) is 13.5. The van der Waals surface area contributed by atoms with Crippen LogP contribution in [0, 0.1) is 5.82 Å². The van der Waals surface area contributed by atoms with Gasteiger partial charge in [-0.3, -0.25) is 4.79 Å². The minimum Gasteiger partial charge on any atom is -0.454 e. The molecule has 1 aliphatic heterocycles. The van der Waals surface area contributed by atoms with Gasteiger partial charge in [-0.05, 0) is 42.8 Å². The van der Waals surface area contributed by atoms with Gasteiger partial charge < -0.3 is 19.5 Å². The average Bonchev–Trinajstić information content (AvgIpc) is 3.33. The predicted octanol–water partition coefficient (Wildman–Crippen LogP) is 3.63. The molecular weight excluding hydrogens is 385 g/mol. The van der Waals surface area contributed by atoms with Gasteiger partial charge in [0.15, 0.2) is 17.6 Å². The molecule has 144 valence electrons. The molecule has 0 bridgehead atoms. The third-order valence-corrected chi connectivity index (χ3v) is 5.35. The zero-order valence-corrected chi connectivity index (χ0v) is 15.7. The molecule has 0 saturated heterocycles. The van der Waals surface area contributed by atoms with Crippen LogP contribution >= 0.6 is 11.3 Å². The quantitative estimate of drug-likeness (QED) is 0.661. The molecule has 0 spiro atoms. The first-order valence-corrected chi connectivity index (χ1v) is 9.38. The van der Waals surface area contributed by atoms with Crippen LogP contribution in [0.15, 0.2) is 42.5 Å². The summed E-state index contributed by atoms with van der Waals surface area (Å²) < 4.78 is 30.2. The van der Waals surface area contributed by atoms with Crippen molar-refractivity contribution in [1.29, 1.82) is 0 Å². The van der Waals surface area contributed by atoms with Crippen molar-refractivity contribution in [2.24, 2.45) is 0 Å². The van der Waals surface area contributed by atoms with E-state index in [4.69, 9.17) is 14.2 Å². The van der Waals surface area contributed by atoms with Crippen molar-refractivity contribution in [1.82, 2.24) is 5.32 Å². The van der Waals surface area contributed by atoms with Gasteiger partial charge in [0.05, 0.1) is 0 Å². The Hall–Kier alpha value is -3.13. The summed E-state index contributed by atoms with van der Waals surface area (Å²) >= 11 is 1.12. The number of carbonyl (C=O) groups is 2. The second kappa shape index (κ2) is 7.47. The van der Waals surface area contributed by atoms with E-state index in [9.17, 15) is 14.0 Å².